The van der Waals surface area contributed by atoms with E-state index in [4.69, 9.17) is 4.74 Å². The predicted octanol–water partition coefficient (Wildman–Crippen LogP) is 2.04. The molecule has 1 aromatic heterocycles. The lowest BCUT2D eigenvalue weighted by atomic mass is 10.3. The van der Waals surface area contributed by atoms with Gasteiger partial charge in [0.15, 0.2) is 0 Å². The topological polar surface area (TPSA) is 71.5 Å². The minimum Gasteiger partial charge on any atom is -0.494 e. The summed E-state index contributed by atoms with van der Waals surface area (Å²) in [4.78, 5) is 6.65. The highest BCUT2D eigenvalue weighted by molar-refractivity contribution is 7.89. The van der Waals surface area contributed by atoms with Crippen LogP contribution in [-0.4, -0.2) is 39.1 Å². The van der Waals surface area contributed by atoms with Gasteiger partial charge in [0.2, 0.25) is 10.0 Å². The van der Waals surface area contributed by atoms with Crippen LogP contribution in [-0.2, 0) is 10.0 Å². The molecule has 0 amide bonds. The van der Waals surface area contributed by atoms with Gasteiger partial charge in [-0.15, -0.1) is 0 Å². The van der Waals surface area contributed by atoms with Gasteiger partial charge in [-0.25, -0.2) is 18.1 Å². The lowest BCUT2D eigenvalue weighted by Crippen LogP contribution is -2.37. The first kappa shape index (κ1) is 16.7. The fraction of sp³-hybridized carbons (Fsp3) is 0.353. The van der Waals surface area contributed by atoms with E-state index in [2.05, 4.69) is 14.6 Å². The Morgan fingerprint density at radius 1 is 1.25 bits per heavy atom. The third-order valence-electron chi connectivity index (χ3n) is 3.93. The van der Waals surface area contributed by atoms with Crippen molar-refractivity contribution in [1.29, 1.82) is 0 Å². The number of anilines is 1. The quantitative estimate of drug-likeness (QED) is 0.866. The first-order valence-corrected chi connectivity index (χ1v) is 9.48. The summed E-state index contributed by atoms with van der Waals surface area (Å²) in [7, 11) is -3.53. The van der Waals surface area contributed by atoms with Gasteiger partial charge in [-0.05, 0) is 49.7 Å². The van der Waals surface area contributed by atoms with Crippen LogP contribution in [0.25, 0.3) is 0 Å². The smallest absolute Gasteiger partial charge is 0.240 e. The number of nitrogens with zero attached hydrogens (tertiary/aromatic N) is 2. The van der Waals surface area contributed by atoms with Gasteiger partial charge < -0.3 is 9.64 Å². The summed E-state index contributed by atoms with van der Waals surface area (Å²) in [6, 6.07) is 12.1. The lowest BCUT2D eigenvalue weighted by Gasteiger charge is -2.17. The van der Waals surface area contributed by atoms with Crippen LogP contribution in [0.1, 0.15) is 13.3 Å². The summed E-state index contributed by atoms with van der Waals surface area (Å²) >= 11 is 0. The Balaban J connectivity index is 1.65. The Hall–Kier alpha value is -2.12. The number of rotatable bonds is 6. The summed E-state index contributed by atoms with van der Waals surface area (Å²) in [6.07, 6.45) is 2.50. The Labute approximate surface area is 142 Å². The van der Waals surface area contributed by atoms with Crippen LogP contribution >= 0.6 is 0 Å². The molecule has 0 saturated carbocycles. The van der Waals surface area contributed by atoms with Gasteiger partial charge in [0.25, 0.3) is 0 Å². The molecule has 3 rings (SSSR count). The van der Waals surface area contributed by atoms with E-state index >= 15 is 0 Å². The fourth-order valence-corrected chi connectivity index (χ4v) is 4.04. The second-order valence-electron chi connectivity index (χ2n) is 5.65. The Bertz CT molecular complexity index is 763. The molecule has 0 radical (unpaired) electrons. The van der Waals surface area contributed by atoms with E-state index in [-0.39, 0.29) is 10.9 Å². The molecular weight excluding hydrogens is 326 g/mol. The van der Waals surface area contributed by atoms with Crippen molar-refractivity contribution in [2.75, 3.05) is 24.6 Å². The highest BCUT2D eigenvalue weighted by atomic mass is 32.2. The van der Waals surface area contributed by atoms with Gasteiger partial charge in [-0.1, -0.05) is 6.07 Å². The van der Waals surface area contributed by atoms with Crippen LogP contribution in [0.2, 0.25) is 0 Å². The Morgan fingerprint density at radius 3 is 2.71 bits per heavy atom. The van der Waals surface area contributed by atoms with E-state index in [0.717, 1.165) is 18.8 Å². The molecule has 1 aliphatic heterocycles. The number of ether oxygens (including phenoxy) is 1. The van der Waals surface area contributed by atoms with Crippen molar-refractivity contribution in [2.45, 2.75) is 24.3 Å². The van der Waals surface area contributed by atoms with Crippen molar-refractivity contribution in [3.05, 3.63) is 48.7 Å². The molecule has 0 bridgehead atoms. The van der Waals surface area contributed by atoms with E-state index in [1.807, 2.05) is 25.1 Å². The van der Waals surface area contributed by atoms with E-state index in [0.29, 0.717) is 18.9 Å². The lowest BCUT2D eigenvalue weighted by molar-refractivity contribution is 0.340. The number of sulfonamides is 1. The molecule has 1 atom stereocenters. The van der Waals surface area contributed by atoms with Gasteiger partial charge in [0.1, 0.15) is 11.6 Å². The maximum atomic E-state index is 12.5. The zero-order valence-electron chi connectivity index (χ0n) is 13.6. The highest BCUT2D eigenvalue weighted by Gasteiger charge is 2.27. The molecule has 0 aliphatic carbocycles. The average molecular weight is 347 g/mol. The predicted molar refractivity (Wildman–Crippen MR) is 92.8 cm³/mol. The zero-order valence-corrected chi connectivity index (χ0v) is 14.4. The van der Waals surface area contributed by atoms with E-state index in [1.54, 1.807) is 30.5 Å². The standard InChI is InChI=1S/C17H21N3O3S/c1-2-23-15-6-8-16(9-7-15)24(21,22)19-14-10-12-20(13-14)17-5-3-4-11-18-17/h3-9,11,14,19H,2,10,12-13H2,1H3. The molecule has 1 aliphatic rings. The van der Waals surface area contributed by atoms with Gasteiger partial charge >= 0.3 is 0 Å². The normalized spacial score (nSPS) is 17.9. The highest BCUT2D eigenvalue weighted by Crippen LogP contribution is 2.20. The van der Waals surface area contributed by atoms with Crippen LogP contribution in [0.5, 0.6) is 5.75 Å². The first-order valence-electron chi connectivity index (χ1n) is 7.99. The maximum absolute atomic E-state index is 12.5. The molecule has 128 valence electrons. The SMILES string of the molecule is CCOc1ccc(S(=O)(=O)NC2CCN(c3ccccn3)C2)cc1. The minimum atomic E-state index is -3.53. The molecule has 0 spiro atoms. The number of pyridine rings is 1. The van der Waals surface area contributed by atoms with Crippen LogP contribution < -0.4 is 14.4 Å². The van der Waals surface area contributed by atoms with Gasteiger partial charge in [-0.3, -0.25) is 0 Å². The molecule has 1 N–H and O–H groups in total. The van der Waals surface area contributed by atoms with Crippen molar-refractivity contribution in [3.63, 3.8) is 0 Å². The van der Waals surface area contributed by atoms with E-state index < -0.39 is 10.0 Å². The van der Waals surface area contributed by atoms with Gasteiger partial charge in [-0.2, -0.15) is 0 Å². The second kappa shape index (κ2) is 7.19. The molecule has 1 unspecified atom stereocenters. The molecule has 24 heavy (non-hydrogen) atoms. The summed E-state index contributed by atoms with van der Waals surface area (Å²) in [5.74, 6) is 1.54. The summed E-state index contributed by atoms with van der Waals surface area (Å²) < 4.78 is 33.2. The van der Waals surface area contributed by atoms with Crippen LogP contribution in [0.4, 0.5) is 5.82 Å². The number of hydrogen-bond acceptors (Lipinski definition) is 5. The van der Waals surface area contributed by atoms with Crippen molar-refractivity contribution in [3.8, 4) is 5.75 Å². The number of nitrogens with one attached hydrogen (secondary N) is 1. The largest absolute Gasteiger partial charge is 0.494 e. The average Bonchev–Trinajstić information content (AvgIpc) is 3.04. The van der Waals surface area contributed by atoms with E-state index in [9.17, 15) is 8.42 Å². The van der Waals surface area contributed by atoms with E-state index in [1.165, 1.54) is 0 Å². The van der Waals surface area contributed by atoms with Gasteiger partial charge in [0.05, 0.1) is 11.5 Å². The number of aromatic nitrogens is 1. The van der Waals surface area contributed by atoms with Crippen molar-refractivity contribution in [1.82, 2.24) is 9.71 Å². The summed E-state index contributed by atoms with van der Waals surface area (Å²) in [6.45, 7) is 3.84. The summed E-state index contributed by atoms with van der Waals surface area (Å²) in [5.41, 5.74) is 0. The first-order chi connectivity index (χ1) is 11.6. The Kier molecular flexibility index (Phi) is 5.01. The number of hydrogen-bond donors (Lipinski definition) is 1. The monoisotopic (exact) mass is 347 g/mol. The van der Waals surface area contributed by atoms with Crippen LogP contribution in [0.3, 0.4) is 0 Å². The molecule has 2 heterocycles. The van der Waals surface area contributed by atoms with Crippen LogP contribution in [0, 0.1) is 0 Å². The van der Waals surface area contributed by atoms with Crippen molar-refractivity contribution in [2.24, 2.45) is 0 Å². The van der Waals surface area contributed by atoms with Gasteiger partial charge in [0, 0.05) is 25.3 Å². The molecular formula is C17H21N3O3S. The molecule has 7 heteroatoms. The fourth-order valence-electron chi connectivity index (χ4n) is 2.77. The van der Waals surface area contributed by atoms with Crippen LogP contribution in [0.15, 0.2) is 53.6 Å². The molecule has 6 nitrogen and oxygen atoms in total. The van der Waals surface area contributed by atoms with Crippen molar-refractivity contribution >= 4 is 15.8 Å². The third-order valence-corrected chi connectivity index (χ3v) is 5.46. The minimum absolute atomic E-state index is 0.122. The zero-order chi connectivity index (χ0) is 17.0. The number of benzene rings is 1. The maximum Gasteiger partial charge on any atom is 0.240 e. The molecule has 2 aromatic rings. The molecule has 1 fully saturated rings. The molecule has 1 saturated heterocycles. The van der Waals surface area contributed by atoms with Crippen molar-refractivity contribution < 1.29 is 13.2 Å². The Morgan fingerprint density at radius 2 is 2.04 bits per heavy atom. The molecule has 1 aromatic carbocycles. The second-order valence-corrected chi connectivity index (χ2v) is 7.36. The summed E-state index contributed by atoms with van der Waals surface area (Å²) in [5, 5.41) is 0. The third kappa shape index (κ3) is 3.85.